The number of sulfonamides is 1. The fraction of sp³-hybridized carbons (Fsp3) is 0.394. The van der Waals surface area contributed by atoms with Crippen LogP contribution in [0.25, 0.3) is 0 Å². The Kier molecular flexibility index (Phi) is 12.9. The molecule has 0 aliphatic carbocycles. The van der Waals surface area contributed by atoms with Gasteiger partial charge in [-0.2, -0.15) is 0 Å². The first kappa shape index (κ1) is 33.9. The number of anilines is 1. The molecule has 0 aromatic heterocycles. The Balaban J connectivity index is 1.89. The van der Waals surface area contributed by atoms with Gasteiger partial charge in [-0.25, -0.2) is 8.42 Å². The maximum absolute atomic E-state index is 14.0. The minimum absolute atomic E-state index is 0.0408. The molecule has 0 saturated heterocycles. The van der Waals surface area contributed by atoms with E-state index in [1.165, 1.54) is 4.31 Å². The average molecular weight is 628 g/mol. The quantitative estimate of drug-likeness (QED) is 0.220. The largest absolute Gasteiger partial charge is 0.492 e. The minimum Gasteiger partial charge on any atom is -0.492 e. The fourth-order valence-corrected chi connectivity index (χ4v) is 5.78. The van der Waals surface area contributed by atoms with Crippen LogP contribution in [-0.2, 0) is 32.6 Å². The van der Waals surface area contributed by atoms with Crippen LogP contribution in [0, 0.1) is 5.92 Å². The summed E-state index contributed by atoms with van der Waals surface area (Å²) in [5.74, 6) is 0.213. The Morgan fingerprint density at radius 2 is 1.58 bits per heavy atom. The molecule has 232 valence electrons. The van der Waals surface area contributed by atoms with E-state index >= 15 is 0 Å². The Hall–Kier alpha value is -3.56. The van der Waals surface area contributed by atoms with Gasteiger partial charge in [0, 0.05) is 37.5 Å². The van der Waals surface area contributed by atoms with Crippen molar-refractivity contribution < 1.29 is 22.7 Å². The second-order valence-electron chi connectivity index (χ2n) is 10.8. The van der Waals surface area contributed by atoms with E-state index in [4.69, 9.17) is 16.3 Å². The van der Waals surface area contributed by atoms with E-state index < -0.39 is 16.1 Å². The lowest BCUT2D eigenvalue weighted by Crippen LogP contribution is -2.51. The highest BCUT2D eigenvalue weighted by Gasteiger charge is 2.31. The summed E-state index contributed by atoms with van der Waals surface area (Å²) in [6, 6.07) is 23.0. The smallest absolute Gasteiger partial charge is 0.243 e. The van der Waals surface area contributed by atoms with Gasteiger partial charge in [-0.3, -0.25) is 13.9 Å². The standard InChI is InChI=1S/C33H42ClN3O5S/c1-5-42-31-15-10-9-14-29(31)37(43(4,40)41)21-11-16-32(38)36(24-27-17-19-28(34)20-18-27)30(33(39)35-23-25(2)3)22-26-12-7-6-8-13-26/h6-10,12-15,17-20,25,30H,5,11,16,21-24H2,1-4H3,(H,35,39). The number of para-hydroxylation sites is 2. The normalized spacial score (nSPS) is 12.0. The molecular weight excluding hydrogens is 586 g/mol. The Morgan fingerprint density at radius 1 is 0.930 bits per heavy atom. The van der Waals surface area contributed by atoms with Gasteiger partial charge in [-0.1, -0.05) is 80.0 Å². The molecule has 3 aromatic rings. The van der Waals surface area contributed by atoms with Gasteiger partial charge in [-0.05, 0) is 54.7 Å². The SMILES string of the molecule is CCOc1ccccc1N(CCCC(=O)N(Cc1ccc(Cl)cc1)C(Cc1ccccc1)C(=O)NCC(C)C)S(C)(=O)=O. The summed E-state index contributed by atoms with van der Waals surface area (Å²) in [6.07, 6.45) is 1.76. The molecule has 0 bridgehead atoms. The molecule has 1 N–H and O–H groups in total. The molecule has 0 heterocycles. The number of rotatable bonds is 16. The summed E-state index contributed by atoms with van der Waals surface area (Å²) >= 11 is 6.11. The molecule has 3 rings (SSSR count). The second kappa shape index (κ2) is 16.3. The van der Waals surface area contributed by atoms with Gasteiger partial charge in [-0.15, -0.1) is 0 Å². The van der Waals surface area contributed by atoms with Gasteiger partial charge in [0.1, 0.15) is 11.8 Å². The molecule has 1 unspecified atom stereocenters. The Labute approximate surface area is 261 Å². The molecule has 0 aliphatic rings. The first-order valence-electron chi connectivity index (χ1n) is 14.5. The number of hydrogen-bond acceptors (Lipinski definition) is 5. The van der Waals surface area contributed by atoms with Crippen LogP contribution in [-0.4, -0.2) is 57.1 Å². The molecule has 43 heavy (non-hydrogen) atoms. The minimum atomic E-state index is -3.66. The van der Waals surface area contributed by atoms with Gasteiger partial charge < -0.3 is 15.0 Å². The Morgan fingerprint density at radius 3 is 2.21 bits per heavy atom. The maximum atomic E-state index is 14.0. The number of nitrogens with zero attached hydrogens (tertiary/aromatic N) is 2. The maximum Gasteiger partial charge on any atom is 0.243 e. The highest BCUT2D eigenvalue weighted by molar-refractivity contribution is 7.92. The highest BCUT2D eigenvalue weighted by atomic mass is 35.5. The summed E-state index contributed by atoms with van der Waals surface area (Å²) in [5, 5.41) is 3.59. The van der Waals surface area contributed by atoms with Crippen LogP contribution >= 0.6 is 11.6 Å². The van der Waals surface area contributed by atoms with Gasteiger partial charge in [0.15, 0.2) is 0 Å². The number of benzene rings is 3. The fourth-order valence-electron chi connectivity index (χ4n) is 4.69. The number of halogens is 1. The second-order valence-corrected chi connectivity index (χ2v) is 13.2. The summed E-state index contributed by atoms with van der Waals surface area (Å²) in [4.78, 5) is 29.2. The predicted molar refractivity (Wildman–Crippen MR) is 173 cm³/mol. The number of amides is 2. The molecule has 3 aromatic carbocycles. The predicted octanol–water partition coefficient (Wildman–Crippen LogP) is 5.70. The topological polar surface area (TPSA) is 96.0 Å². The van der Waals surface area contributed by atoms with E-state index in [9.17, 15) is 18.0 Å². The molecular formula is C33H42ClN3O5S. The molecule has 0 radical (unpaired) electrons. The summed E-state index contributed by atoms with van der Waals surface area (Å²) < 4.78 is 32.6. The van der Waals surface area contributed by atoms with Crippen molar-refractivity contribution in [3.63, 3.8) is 0 Å². The third-order valence-corrected chi connectivity index (χ3v) is 8.24. The van der Waals surface area contributed by atoms with Crippen molar-refractivity contribution in [2.75, 3.05) is 30.3 Å². The van der Waals surface area contributed by atoms with E-state index in [1.807, 2.05) is 63.2 Å². The van der Waals surface area contributed by atoms with E-state index in [1.54, 1.807) is 41.3 Å². The number of nitrogens with one attached hydrogen (secondary N) is 1. The molecule has 8 nitrogen and oxygen atoms in total. The lowest BCUT2D eigenvalue weighted by molar-refractivity contribution is -0.141. The van der Waals surface area contributed by atoms with Gasteiger partial charge in [0.25, 0.3) is 0 Å². The van der Waals surface area contributed by atoms with Crippen LogP contribution in [0.3, 0.4) is 0 Å². The van der Waals surface area contributed by atoms with Crippen LogP contribution < -0.4 is 14.4 Å². The van der Waals surface area contributed by atoms with Crippen LogP contribution in [0.5, 0.6) is 5.75 Å². The van der Waals surface area contributed by atoms with Gasteiger partial charge >= 0.3 is 0 Å². The Bertz CT molecular complexity index is 1430. The van der Waals surface area contributed by atoms with E-state index in [0.29, 0.717) is 36.0 Å². The molecule has 10 heteroatoms. The van der Waals surface area contributed by atoms with E-state index in [-0.39, 0.29) is 43.7 Å². The number of carbonyl (C=O) groups excluding carboxylic acids is 2. The van der Waals surface area contributed by atoms with E-state index in [2.05, 4.69) is 5.32 Å². The molecule has 0 spiro atoms. The van der Waals surface area contributed by atoms with Crippen molar-refractivity contribution in [1.29, 1.82) is 0 Å². The van der Waals surface area contributed by atoms with Gasteiger partial charge in [0.05, 0.1) is 18.6 Å². The zero-order valence-corrected chi connectivity index (χ0v) is 26.9. The van der Waals surface area contributed by atoms with Crippen LogP contribution in [0.4, 0.5) is 5.69 Å². The molecule has 0 fully saturated rings. The first-order chi connectivity index (χ1) is 20.5. The molecule has 2 amide bonds. The monoisotopic (exact) mass is 627 g/mol. The summed E-state index contributed by atoms with van der Waals surface area (Å²) in [5.41, 5.74) is 2.18. The summed E-state index contributed by atoms with van der Waals surface area (Å²) in [6.45, 7) is 7.00. The van der Waals surface area contributed by atoms with Crippen LogP contribution in [0.1, 0.15) is 44.7 Å². The van der Waals surface area contributed by atoms with Crippen molar-refractivity contribution in [2.45, 2.75) is 52.6 Å². The number of ether oxygens (including phenoxy) is 1. The number of carbonyl (C=O) groups is 2. The van der Waals surface area contributed by atoms with Crippen LogP contribution in [0.2, 0.25) is 5.02 Å². The van der Waals surface area contributed by atoms with Crippen LogP contribution in [0.15, 0.2) is 78.9 Å². The summed E-state index contributed by atoms with van der Waals surface area (Å²) in [7, 11) is -3.66. The highest BCUT2D eigenvalue weighted by Crippen LogP contribution is 2.30. The zero-order chi connectivity index (χ0) is 31.4. The van der Waals surface area contributed by atoms with Crippen molar-refractivity contribution in [3.05, 3.63) is 95.0 Å². The van der Waals surface area contributed by atoms with E-state index in [0.717, 1.165) is 17.4 Å². The molecule has 0 saturated carbocycles. The third-order valence-electron chi connectivity index (χ3n) is 6.81. The van der Waals surface area contributed by atoms with Crippen molar-refractivity contribution in [2.24, 2.45) is 5.92 Å². The third kappa shape index (κ3) is 10.6. The number of hydrogen-bond donors (Lipinski definition) is 1. The average Bonchev–Trinajstić information content (AvgIpc) is 2.97. The van der Waals surface area contributed by atoms with Crippen molar-refractivity contribution >= 4 is 39.1 Å². The van der Waals surface area contributed by atoms with Crippen molar-refractivity contribution in [3.8, 4) is 5.75 Å². The lowest BCUT2D eigenvalue weighted by Gasteiger charge is -2.32. The lowest BCUT2D eigenvalue weighted by atomic mass is 10.0. The van der Waals surface area contributed by atoms with Crippen molar-refractivity contribution in [1.82, 2.24) is 10.2 Å². The molecule has 1 atom stereocenters. The zero-order valence-electron chi connectivity index (χ0n) is 25.3. The van der Waals surface area contributed by atoms with Gasteiger partial charge in [0.2, 0.25) is 21.8 Å². The molecule has 0 aliphatic heterocycles. The first-order valence-corrected chi connectivity index (χ1v) is 16.8.